The molecule has 0 bridgehead atoms. The van der Waals surface area contributed by atoms with Gasteiger partial charge in [-0.2, -0.15) is 0 Å². The molecule has 0 radical (unpaired) electrons. The van der Waals surface area contributed by atoms with E-state index >= 15 is 0 Å². The molecule has 0 aromatic carbocycles. The molecule has 1 aliphatic rings. The van der Waals surface area contributed by atoms with Crippen LogP contribution in [0.15, 0.2) is 23.3 Å². The van der Waals surface area contributed by atoms with Crippen molar-refractivity contribution in [1.29, 1.82) is 0 Å². The lowest BCUT2D eigenvalue weighted by molar-refractivity contribution is -0.121. The summed E-state index contributed by atoms with van der Waals surface area (Å²) in [7, 11) is 0. The van der Waals surface area contributed by atoms with Gasteiger partial charge in [0.05, 0.1) is 5.60 Å². The zero-order valence-corrected chi connectivity index (χ0v) is 15.3. The van der Waals surface area contributed by atoms with Gasteiger partial charge in [0.15, 0.2) is 0 Å². The summed E-state index contributed by atoms with van der Waals surface area (Å²) in [4.78, 5) is 24.4. The van der Waals surface area contributed by atoms with Crippen LogP contribution in [0.2, 0.25) is 0 Å². The lowest BCUT2D eigenvalue weighted by Gasteiger charge is -2.24. The molecule has 1 rings (SSSR count). The zero-order valence-electron chi connectivity index (χ0n) is 15.3. The van der Waals surface area contributed by atoms with E-state index < -0.39 is 5.60 Å². The summed E-state index contributed by atoms with van der Waals surface area (Å²) in [5, 5.41) is 10.4. The van der Waals surface area contributed by atoms with Crippen molar-refractivity contribution in [2.24, 2.45) is 11.8 Å². The van der Waals surface area contributed by atoms with Crippen LogP contribution in [0.3, 0.4) is 0 Å². The minimum Gasteiger partial charge on any atom is -0.386 e. The van der Waals surface area contributed by atoms with Crippen molar-refractivity contribution in [1.82, 2.24) is 0 Å². The first kappa shape index (κ1) is 19.8. The molecule has 0 aromatic rings. The van der Waals surface area contributed by atoms with E-state index in [4.69, 9.17) is 0 Å². The van der Waals surface area contributed by atoms with Crippen molar-refractivity contribution >= 4 is 11.6 Å². The molecule has 0 saturated heterocycles. The van der Waals surface area contributed by atoms with Gasteiger partial charge in [0.25, 0.3) is 0 Å². The van der Waals surface area contributed by atoms with Crippen LogP contribution in [-0.2, 0) is 9.59 Å². The number of aliphatic hydroxyl groups is 1. The third kappa shape index (κ3) is 7.26. The Morgan fingerprint density at radius 3 is 2.43 bits per heavy atom. The Balaban J connectivity index is 3.00. The van der Waals surface area contributed by atoms with Crippen molar-refractivity contribution in [3.8, 4) is 0 Å². The molecule has 0 spiro atoms. The van der Waals surface area contributed by atoms with Crippen LogP contribution in [-0.4, -0.2) is 22.3 Å². The van der Waals surface area contributed by atoms with Gasteiger partial charge >= 0.3 is 0 Å². The average Bonchev–Trinajstić information content (AvgIpc) is 2.40. The molecule has 0 aliphatic heterocycles. The first-order valence-corrected chi connectivity index (χ1v) is 8.73. The number of ketones is 2. The summed E-state index contributed by atoms with van der Waals surface area (Å²) in [6, 6.07) is 0. The quantitative estimate of drug-likeness (QED) is 0.729. The number of carbonyl (C=O) groups excluding carboxylic acids is 2. The third-order valence-corrected chi connectivity index (χ3v) is 4.59. The van der Waals surface area contributed by atoms with Crippen molar-refractivity contribution in [2.75, 3.05) is 0 Å². The Labute approximate surface area is 140 Å². The molecule has 0 aromatic heterocycles. The van der Waals surface area contributed by atoms with E-state index in [1.165, 1.54) is 0 Å². The van der Waals surface area contributed by atoms with Crippen molar-refractivity contribution in [3.63, 3.8) is 0 Å². The number of allylic oxidation sites excluding steroid dienone is 3. The smallest absolute Gasteiger partial charge is 0.139 e. The Morgan fingerprint density at radius 2 is 1.83 bits per heavy atom. The van der Waals surface area contributed by atoms with E-state index in [1.807, 2.05) is 26.0 Å². The second-order valence-electron chi connectivity index (χ2n) is 7.66. The predicted octanol–water partition coefficient (Wildman–Crippen LogP) is 4.39. The Bertz CT molecular complexity index is 492. The van der Waals surface area contributed by atoms with Crippen LogP contribution in [0.25, 0.3) is 0 Å². The number of hydrogen-bond donors (Lipinski definition) is 1. The van der Waals surface area contributed by atoms with Gasteiger partial charge in [-0.3, -0.25) is 9.59 Å². The van der Waals surface area contributed by atoms with Gasteiger partial charge in [-0.25, -0.2) is 0 Å². The topological polar surface area (TPSA) is 54.4 Å². The summed E-state index contributed by atoms with van der Waals surface area (Å²) in [5.74, 6) is 0.559. The molecule has 0 fully saturated rings. The van der Waals surface area contributed by atoms with Gasteiger partial charge in [-0.1, -0.05) is 31.6 Å². The minimum absolute atomic E-state index is 0.176. The Morgan fingerprint density at radius 1 is 1.17 bits per heavy atom. The molecular weight excluding hydrogens is 288 g/mol. The SMILES string of the molecule is C/C1=C\CCC(=O)[C@H](C)/C=C(/C(C)(C)O)CC[C@H](C)CC(=O)C1. The molecule has 1 N–H and O–H groups in total. The van der Waals surface area contributed by atoms with Crippen molar-refractivity contribution in [3.05, 3.63) is 23.3 Å². The molecule has 3 nitrogen and oxygen atoms in total. The first-order chi connectivity index (χ1) is 10.6. The molecular formula is C20H32O3. The van der Waals surface area contributed by atoms with Crippen LogP contribution >= 0.6 is 0 Å². The second kappa shape index (κ2) is 8.58. The van der Waals surface area contributed by atoms with Gasteiger partial charge in [-0.15, -0.1) is 0 Å². The number of hydrogen-bond acceptors (Lipinski definition) is 3. The van der Waals surface area contributed by atoms with E-state index in [0.717, 1.165) is 24.0 Å². The maximum atomic E-state index is 12.3. The fourth-order valence-corrected chi connectivity index (χ4v) is 3.02. The lowest BCUT2D eigenvalue weighted by Crippen LogP contribution is -2.24. The van der Waals surface area contributed by atoms with Crippen molar-refractivity contribution < 1.29 is 14.7 Å². The molecule has 0 unspecified atom stereocenters. The maximum absolute atomic E-state index is 12.3. The van der Waals surface area contributed by atoms with Gasteiger partial charge in [-0.05, 0) is 51.5 Å². The zero-order chi connectivity index (χ0) is 17.6. The van der Waals surface area contributed by atoms with E-state index in [1.54, 1.807) is 13.8 Å². The van der Waals surface area contributed by atoms with Crippen LogP contribution in [0.5, 0.6) is 0 Å². The predicted molar refractivity (Wildman–Crippen MR) is 94.2 cm³/mol. The summed E-state index contributed by atoms with van der Waals surface area (Å²) >= 11 is 0. The fraction of sp³-hybridized carbons (Fsp3) is 0.700. The number of rotatable bonds is 1. The highest BCUT2D eigenvalue weighted by molar-refractivity contribution is 5.83. The number of Topliss-reactive ketones (excluding diaryl/α,β-unsaturated/α-hetero) is 2. The van der Waals surface area contributed by atoms with Crippen molar-refractivity contribution in [2.45, 2.75) is 78.7 Å². The third-order valence-electron chi connectivity index (χ3n) is 4.59. The second-order valence-corrected chi connectivity index (χ2v) is 7.66. The molecule has 0 saturated carbocycles. The lowest BCUT2D eigenvalue weighted by atomic mass is 9.85. The molecule has 130 valence electrons. The summed E-state index contributed by atoms with van der Waals surface area (Å²) in [5.41, 5.74) is 1.04. The van der Waals surface area contributed by atoms with E-state index in [0.29, 0.717) is 25.7 Å². The molecule has 23 heavy (non-hydrogen) atoms. The molecule has 2 atom stereocenters. The van der Waals surface area contributed by atoms with Gasteiger partial charge in [0.1, 0.15) is 11.6 Å². The highest BCUT2D eigenvalue weighted by Gasteiger charge is 2.23. The van der Waals surface area contributed by atoms with Gasteiger partial charge < -0.3 is 5.11 Å². The summed E-state index contributed by atoms with van der Waals surface area (Å²) in [6.45, 7) is 9.49. The molecule has 0 heterocycles. The fourth-order valence-electron chi connectivity index (χ4n) is 3.02. The molecule has 3 heteroatoms. The van der Waals surface area contributed by atoms with E-state index in [-0.39, 0.29) is 23.4 Å². The Kier molecular flexibility index (Phi) is 7.40. The van der Waals surface area contributed by atoms with Crippen LogP contribution in [0, 0.1) is 11.8 Å². The van der Waals surface area contributed by atoms with Crippen LogP contribution < -0.4 is 0 Å². The highest BCUT2D eigenvalue weighted by atomic mass is 16.3. The van der Waals surface area contributed by atoms with E-state index in [9.17, 15) is 14.7 Å². The Hall–Kier alpha value is -1.22. The standard InChI is InChI=1S/C20H32O3/c1-14-7-6-8-19(22)16(3)13-17(20(4,5)23)10-9-15(2)12-18(21)11-14/h7,13,15-16,23H,6,8-12H2,1-5H3/b14-7+,17-13+/t15-,16+/m0/s1. The summed E-state index contributed by atoms with van der Waals surface area (Å²) < 4.78 is 0. The molecule has 1 aliphatic carbocycles. The van der Waals surface area contributed by atoms with Gasteiger partial charge in [0, 0.05) is 25.2 Å². The highest BCUT2D eigenvalue weighted by Crippen LogP contribution is 2.27. The summed E-state index contributed by atoms with van der Waals surface area (Å²) in [6.07, 6.45) is 7.76. The van der Waals surface area contributed by atoms with Gasteiger partial charge in [0.2, 0.25) is 0 Å². The maximum Gasteiger partial charge on any atom is 0.139 e. The molecule has 0 amide bonds. The van der Waals surface area contributed by atoms with Crippen LogP contribution in [0.4, 0.5) is 0 Å². The van der Waals surface area contributed by atoms with E-state index in [2.05, 4.69) is 6.92 Å². The normalized spacial score (nSPS) is 30.9. The minimum atomic E-state index is -0.925. The largest absolute Gasteiger partial charge is 0.386 e. The number of carbonyl (C=O) groups is 2. The monoisotopic (exact) mass is 320 g/mol. The first-order valence-electron chi connectivity index (χ1n) is 8.73. The average molecular weight is 320 g/mol. The van der Waals surface area contributed by atoms with Crippen LogP contribution in [0.1, 0.15) is 73.1 Å².